The molecule has 1 aliphatic rings. The summed E-state index contributed by atoms with van der Waals surface area (Å²) in [6.45, 7) is 9.89. The molecule has 0 amide bonds. The van der Waals surface area contributed by atoms with Crippen LogP contribution < -0.4 is 5.32 Å². The van der Waals surface area contributed by atoms with Crippen molar-refractivity contribution in [3.05, 3.63) is 35.1 Å². The Kier molecular flexibility index (Phi) is 3.58. The van der Waals surface area contributed by atoms with Crippen molar-refractivity contribution in [2.24, 2.45) is 0 Å². The fraction of sp³-hybridized carbons (Fsp3) is 0.500. The molecule has 1 aromatic heterocycles. The summed E-state index contributed by atoms with van der Waals surface area (Å²) in [6.07, 6.45) is 1.11. The summed E-state index contributed by atoms with van der Waals surface area (Å²) in [5.74, 6) is 1.04. The molecule has 0 atom stereocenters. The zero-order valence-corrected chi connectivity index (χ0v) is 11.8. The summed E-state index contributed by atoms with van der Waals surface area (Å²) in [5.41, 5.74) is 3.68. The fourth-order valence-corrected chi connectivity index (χ4v) is 2.77. The molecule has 1 fully saturated rings. The van der Waals surface area contributed by atoms with Crippen molar-refractivity contribution in [1.29, 1.82) is 0 Å². The van der Waals surface area contributed by atoms with E-state index in [2.05, 4.69) is 35.3 Å². The van der Waals surface area contributed by atoms with Gasteiger partial charge in [-0.3, -0.25) is 0 Å². The Morgan fingerprint density at radius 1 is 1.21 bits per heavy atom. The summed E-state index contributed by atoms with van der Waals surface area (Å²) in [6, 6.07) is 6.65. The molecule has 1 aliphatic heterocycles. The van der Waals surface area contributed by atoms with E-state index in [0.29, 0.717) is 0 Å². The van der Waals surface area contributed by atoms with Crippen LogP contribution in [0.2, 0.25) is 0 Å². The third kappa shape index (κ3) is 2.67. The van der Waals surface area contributed by atoms with Crippen LogP contribution in [0.25, 0.3) is 11.0 Å². The van der Waals surface area contributed by atoms with Crippen molar-refractivity contribution in [3.63, 3.8) is 0 Å². The molecule has 3 nitrogen and oxygen atoms in total. The van der Waals surface area contributed by atoms with Gasteiger partial charge in [-0.05, 0) is 37.5 Å². The molecule has 3 rings (SSSR count). The highest BCUT2D eigenvalue weighted by atomic mass is 16.3. The first-order chi connectivity index (χ1) is 9.24. The Hall–Kier alpha value is -1.32. The zero-order chi connectivity index (χ0) is 13.2. The summed E-state index contributed by atoms with van der Waals surface area (Å²) < 4.78 is 5.81. The van der Waals surface area contributed by atoms with Crippen LogP contribution in [0.5, 0.6) is 0 Å². The van der Waals surface area contributed by atoms with Gasteiger partial charge in [0.25, 0.3) is 0 Å². The number of nitrogens with zero attached hydrogens (tertiary/aromatic N) is 1. The molecule has 1 aromatic carbocycles. The predicted octanol–water partition coefficient (Wildman–Crippen LogP) is 2.50. The van der Waals surface area contributed by atoms with Gasteiger partial charge in [0.05, 0.1) is 0 Å². The van der Waals surface area contributed by atoms with Gasteiger partial charge in [-0.25, -0.2) is 0 Å². The van der Waals surface area contributed by atoms with Crippen LogP contribution in [0.1, 0.15) is 16.9 Å². The van der Waals surface area contributed by atoms with E-state index in [1.165, 1.54) is 29.6 Å². The third-order valence-electron chi connectivity index (χ3n) is 4.17. The Morgan fingerprint density at radius 3 is 2.79 bits per heavy atom. The van der Waals surface area contributed by atoms with Crippen molar-refractivity contribution in [1.82, 2.24) is 10.2 Å². The van der Waals surface area contributed by atoms with E-state index in [0.717, 1.165) is 37.4 Å². The van der Waals surface area contributed by atoms with Crippen LogP contribution in [-0.4, -0.2) is 37.6 Å². The van der Waals surface area contributed by atoms with Crippen molar-refractivity contribution in [3.8, 4) is 0 Å². The molecule has 0 saturated carbocycles. The third-order valence-corrected chi connectivity index (χ3v) is 4.17. The molecule has 0 aliphatic carbocycles. The lowest BCUT2D eigenvalue weighted by Gasteiger charge is -2.27. The van der Waals surface area contributed by atoms with E-state index in [-0.39, 0.29) is 0 Å². The molecule has 0 radical (unpaired) electrons. The normalized spacial score (nSPS) is 17.2. The zero-order valence-electron chi connectivity index (χ0n) is 11.8. The summed E-state index contributed by atoms with van der Waals surface area (Å²) in [4.78, 5) is 2.53. The smallest absolute Gasteiger partial charge is 0.134 e. The van der Waals surface area contributed by atoms with E-state index in [9.17, 15) is 0 Å². The van der Waals surface area contributed by atoms with Crippen LogP contribution in [-0.2, 0) is 6.42 Å². The first kappa shape index (κ1) is 12.7. The number of hydrogen-bond donors (Lipinski definition) is 1. The minimum absolute atomic E-state index is 1.04. The number of rotatable bonds is 3. The molecule has 1 N–H and O–H groups in total. The lowest BCUT2D eigenvalue weighted by molar-refractivity contribution is 0.244. The molecule has 2 aromatic rings. The lowest BCUT2D eigenvalue weighted by Crippen LogP contribution is -2.44. The van der Waals surface area contributed by atoms with Crippen molar-refractivity contribution >= 4 is 11.0 Å². The van der Waals surface area contributed by atoms with Gasteiger partial charge in [0.1, 0.15) is 11.3 Å². The number of benzene rings is 1. The quantitative estimate of drug-likeness (QED) is 0.917. The van der Waals surface area contributed by atoms with Crippen LogP contribution in [0, 0.1) is 13.8 Å². The molecule has 19 heavy (non-hydrogen) atoms. The highest BCUT2D eigenvalue weighted by Gasteiger charge is 2.10. The second-order valence-electron chi connectivity index (χ2n) is 5.46. The van der Waals surface area contributed by atoms with Crippen molar-refractivity contribution in [2.75, 3.05) is 32.7 Å². The average molecular weight is 258 g/mol. The maximum atomic E-state index is 5.81. The molecule has 2 heterocycles. The van der Waals surface area contributed by atoms with Crippen molar-refractivity contribution < 1.29 is 4.42 Å². The number of aryl methyl sites for hydroxylation is 2. The van der Waals surface area contributed by atoms with E-state index in [1.54, 1.807) is 0 Å². The number of nitrogens with one attached hydrogen (secondary N) is 1. The first-order valence-electron chi connectivity index (χ1n) is 7.16. The van der Waals surface area contributed by atoms with Crippen molar-refractivity contribution in [2.45, 2.75) is 20.3 Å². The Morgan fingerprint density at radius 2 is 2.00 bits per heavy atom. The molecule has 3 heteroatoms. The van der Waals surface area contributed by atoms with E-state index in [1.807, 2.05) is 6.92 Å². The molecule has 0 unspecified atom stereocenters. The number of piperazine rings is 1. The van der Waals surface area contributed by atoms with E-state index >= 15 is 0 Å². The van der Waals surface area contributed by atoms with Gasteiger partial charge in [-0.1, -0.05) is 12.1 Å². The fourth-order valence-electron chi connectivity index (χ4n) is 2.77. The predicted molar refractivity (Wildman–Crippen MR) is 78.7 cm³/mol. The highest BCUT2D eigenvalue weighted by Crippen LogP contribution is 2.25. The standard InChI is InChI=1S/C16H22N2O/c1-12-13(2)19-16-11-14(3-4-15(12)16)5-8-18-9-6-17-7-10-18/h3-4,11,17H,5-10H2,1-2H3. The number of hydrogen-bond acceptors (Lipinski definition) is 3. The SMILES string of the molecule is Cc1oc2cc(CCN3CCNCC3)ccc2c1C. The Balaban J connectivity index is 1.70. The van der Waals surface area contributed by atoms with Gasteiger partial charge in [-0.2, -0.15) is 0 Å². The highest BCUT2D eigenvalue weighted by molar-refractivity contribution is 5.82. The molecular formula is C16H22N2O. The van der Waals surface area contributed by atoms with Gasteiger partial charge in [0, 0.05) is 38.1 Å². The van der Waals surface area contributed by atoms with Gasteiger partial charge in [-0.15, -0.1) is 0 Å². The largest absolute Gasteiger partial charge is 0.461 e. The second-order valence-corrected chi connectivity index (χ2v) is 5.46. The van der Waals surface area contributed by atoms with Gasteiger partial charge < -0.3 is 14.6 Å². The van der Waals surface area contributed by atoms with Gasteiger partial charge in [0.15, 0.2) is 0 Å². The Labute approximate surface area is 114 Å². The van der Waals surface area contributed by atoms with E-state index < -0.39 is 0 Å². The maximum absolute atomic E-state index is 5.81. The topological polar surface area (TPSA) is 28.4 Å². The Bertz CT molecular complexity index is 567. The summed E-state index contributed by atoms with van der Waals surface area (Å²) in [5, 5.41) is 4.64. The minimum Gasteiger partial charge on any atom is -0.461 e. The molecule has 0 bridgehead atoms. The van der Waals surface area contributed by atoms with Crippen LogP contribution >= 0.6 is 0 Å². The van der Waals surface area contributed by atoms with Crippen LogP contribution in [0.4, 0.5) is 0 Å². The molecule has 102 valence electrons. The number of furan rings is 1. The van der Waals surface area contributed by atoms with Crippen LogP contribution in [0.3, 0.4) is 0 Å². The lowest BCUT2D eigenvalue weighted by atomic mass is 10.1. The average Bonchev–Trinajstić information content (AvgIpc) is 2.73. The molecular weight excluding hydrogens is 236 g/mol. The summed E-state index contributed by atoms with van der Waals surface area (Å²) in [7, 11) is 0. The van der Waals surface area contributed by atoms with Gasteiger partial charge in [0.2, 0.25) is 0 Å². The first-order valence-corrected chi connectivity index (χ1v) is 7.16. The maximum Gasteiger partial charge on any atom is 0.134 e. The van der Waals surface area contributed by atoms with Crippen LogP contribution in [0.15, 0.2) is 22.6 Å². The second kappa shape index (κ2) is 5.35. The van der Waals surface area contributed by atoms with Gasteiger partial charge >= 0.3 is 0 Å². The summed E-state index contributed by atoms with van der Waals surface area (Å²) >= 11 is 0. The molecule has 0 spiro atoms. The molecule has 1 saturated heterocycles. The van der Waals surface area contributed by atoms with E-state index in [4.69, 9.17) is 4.42 Å². The monoisotopic (exact) mass is 258 g/mol. The number of fused-ring (bicyclic) bond motifs is 1. The minimum atomic E-state index is 1.04.